The lowest BCUT2D eigenvalue weighted by Gasteiger charge is -2.25. The molecule has 2 aliphatic carbocycles. The fraction of sp³-hybridized carbons (Fsp3) is 0.0769. The van der Waals surface area contributed by atoms with Crippen molar-refractivity contribution in [3.8, 4) is 5.69 Å². The molecule has 9 aromatic carbocycles. The Morgan fingerprint density at radius 3 is 2.23 bits per heavy atom. The van der Waals surface area contributed by atoms with Crippen molar-refractivity contribution in [3.05, 3.63) is 234 Å². The normalized spacial score (nSPS) is 19.3. The maximum absolute atomic E-state index is 6.37. The summed E-state index contributed by atoms with van der Waals surface area (Å²) in [6.45, 7) is 2.35. The summed E-state index contributed by atoms with van der Waals surface area (Å²) < 4.78 is 11.6. The maximum atomic E-state index is 6.37. The molecular formula is C65H43N3OS. The summed E-state index contributed by atoms with van der Waals surface area (Å²) in [7, 11) is 0. The van der Waals surface area contributed by atoms with Gasteiger partial charge in [0.05, 0.1) is 28.3 Å². The average Bonchev–Trinajstić information content (AvgIpc) is 4.08. The zero-order valence-electron chi connectivity index (χ0n) is 38.4. The highest BCUT2D eigenvalue weighted by atomic mass is 32.1. The molecule has 5 heteroatoms. The molecule has 3 aromatic heterocycles. The summed E-state index contributed by atoms with van der Waals surface area (Å²) in [6.07, 6.45) is 15.6. The Kier molecular flexibility index (Phi) is 8.66. The van der Waals surface area contributed by atoms with Crippen molar-refractivity contribution in [3.63, 3.8) is 0 Å². The van der Waals surface area contributed by atoms with Crippen LogP contribution in [0.1, 0.15) is 41.3 Å². The molecular weight excluding hydrogens is 871 g/mol. The van der Waals surface area contributed by atoms with Gasteiger partial charge in [0.1, 0.15) is 11.2 Å². The largest absolute Gasteiger partial charge is 0.456 e. The van der Waals surface area contributed by atoms with E-state index in [9.17, 15) is 0 Å². The first-order valence-electron chi connectivity index (χ1n) is 24.4. The van der Waals surface area contributed by atoms with Crippen molar-refractivity contribution >= 4 is 120 Å². The van der Waals surface area contributed by atoms with E-state index in [1.165, 1.54) is 85.9 Å². The zero-order chi connectivity index (χ0) is 46.0. The minimum atomic E-state index is 0.0222. The number of aromatic nitrogens is 1. The molecule has 2 unspecified atom stereocenters. The van der Waals surface area contributed by atoms with E-state index < -0.39 is 0 Å². The molecule has 4 nitrogen and oxygen atoms in total. The SMILES string of the molecule is CC1C/C=C(c2ccc3ccccc3c2)/N=C(c2ccc3oc4ccccc4c3c2)\N=C/1c1ccc2sc3c4ccccc4ccc3c2c1-n1c2c(c3cc4ccccc4cc31)CC1C=CC=CC1=C2. The van der Waals surface area contributed by atoms with E-state index in [0.29, 0.717) is 11.8 Å². The molecule has 0 spiro atoms. The first kappa shape index (κ1) is 39.6. The lowest BCUT2D eigenvalue weighted by Crippen LogP contribution is -2.20. The summed E-state index contributed by atoms with van der Waals surface area (Å²) in [5, 5.41) is 13.4. The second kappa shape index (κ2) is 15.3. The molecule has 0 amide bonds. The van der Waals surface area contributed by atoms with Crippen molar-refractivity contribution in [2.75, 3.05) is 0 Å². The highest BCUT2D eigenvalue weighted by molar-refractivity contribution is 7.26. The van der Waals surface area contributed by atoms with Crippen LogP contribution in [0, 0.1) is 11.8 Å². The average molecular weight is 914 g/mol. The third-order valence-corrected chi connectivity index (χ3v) is 16.3. The van der Waals surface area contributed by atoms with Crippen LogP contribution in [-0.2, 0) is 6.42 Å². The van der Waals surface area contributed by atoms with Gasteiger partial charge in [-0.2, -0.15) is 0 Å². The number of nitrogens with zero attached hydrogens (tertiary/aromatic N) is 3. The fourth-order valence-corrected chi connectivity index (χ4v) is 12.9. The van der Waals surface area contributed by atoms with Crippen LogP contribution in [0.15, 0.2) is 220 Å². The minimum absolute atomic E-state index is 0.0222. The smallest absolute Gasteiger partial charge is 0.160 e. The van der Waals surface area contributed by atoms with Crippen LogP contribution in [0.4, 0.5) is 0 Å². The Bertz CT molecular complexity index is 4450. The van der Waals surface area contributed by atoms with Gasteiger partial charge in [0.25, 0.3) is 0 Å². The van der Waals surface area contributed by atoms with Crippen molar-refractivity contribution < 1.29 is 4.42 Å². The van der Waals surface area contributed by atoms with Gasteiger partial charge >= 0.3 is 0 Å². The standard InChI is InChI=1S/C65H43N3OS/c1-38-22-29-55(46-24-23-39-12-2-3-14-41(39)32-46)66-65(47-26-30-59-54(35-47)49-20-10-11-21-58(49)69-59)67-62(38)51-28-31-60-61(50-27-25-40-13-8-9-19-48(40)64(50)70-60)63(51)68-56-36-44-17-6-4-15-42(44)33-52(56)53-34-43-16-5-7-18-45(43)37-57(53)68/h2-21,23-33,35-38,43H,22,34H2,1H3/b55-29+,66-65-,67-62+. The second-order valence-electron chi connectivity index (χ2n) is 19.2. The van der Waals surface area contributed by atoms with Gasteiger partial charge in [-0.1, -0.05) is 153 Å². The van der Waals surface area contributed by atoms with Crippen LogP contribution in [0.5, 0.6) is 0 Å². The Labute approximate surface area is 407 Å². The van der Waals surface area contributed by atoms with Gasteiger partial charge in [0.15, 0.2) is 5.84 Å². The Hall–Kier alpha value is -8.38. The van der Waals surface area contributed by atoms with Gasteiger partial charge in [0.2, 0.25) is 0 Å². The van der Waals surface area contributed by atoms with E-state index in [1.54, 1.807) is 0 Å². The quantitative estimate of drug-likeness (QED) is 0.173. The lowest BCUT2D eigenvalue weighted by molar-refractivity contribution is 0.669. The number of para-hydroxylation sites is 1. The molecule has 2 atom stereocenters. The van der Waals surface area contributed by atoms with E-state index in [4.69, 9.17) is 14.4 Å². The topological polar surface area (TPSA) is 42.8 Å². The molecule has 0 fully saturated rings. The summed E-state index contributed by atoms with van der Waals surface area (Å²) in [4.78, 5) is 11.5. The number of benzene rings is 9. The number of hydrogen-bond donors (Lipinski definition) is 0. The summed E-state index contributed by atoms with van der Waals surface area (Å²) >= 11 is 1.90. The predicted molar refractivity (Wildman–Crippen MR) is 297 cm³/mol. The molecule has 4 heterocycles. The summed E-state index contributed by atoms with van der Waals surface area (Å²) in [5.74, 6) is 1.03. The van der Waals surface area contributed by atoms with E-state index >= 15 is 0 Å². The van der Waals surface area contributed by atoms with Gasteiger partial charge in [0, 0.05) is 64.9 Å². The van der Waals surface area contributed by atoms with Gasteiger partial charge in [-0.3, -0.25) is 0 Å². The van der Waals surface area contributed by atoms with Crippen molar-refractivity contribution in [1.29, 1.82) is 0 Å². The third-order valence-electron chi connectivity index (χ3n) is 15.1. The zero-order valence-corrected chi connectivity index (χ0v) is 39.2. The monoisotopic (exact) mass is 913 g/mol. The molecule has 0 N–H and O–H groups in total. The predicted octanol–water partition coefficient (Wildman–Crippen LogP) is 17.4. The van der Waals surface area contributed by atoms with Crippen LogP contribution >= 0.6 is 11.3 Å². The molecule has 0 saturated heterocycles. The number of hydrogen-bond acceptors (Lipinski definition) is 4. The summed E-state index contributed by atoms with van der Waals surface area (Å²) in [5.41, 5.74) is 13.2. The number of rotatable bonds is 4. The molecule has 3 aliphatic rings. The first-order chi connectivity index (χ1) is 34.6. The molecule has 70 heavy (non-hydrogen) atoms. The van der Waals surface area contributed by atoms with Gasteiger partial charge in [-0.05, 0) is 117 Å². The Balaban J connectivity index is 1.05. The van der Waals surface area contributed by atoms with Crippen molar-refractivity contribution in [2.24, 2.45) is 21.8 Å². The number of furan rings is 1. The highest BCUT2D eigenvalue weighted by Gasteiger charge is 2.31. The van der Waals surface area contributed by atoms with E-state index in [0.717, 1.165) is 62.9 Å². The fourth-order valence-electron chi connectivity index (χ4n) is 11.7. The summed E-state index contributed by atoms with van der Waals surface area (Å²) in [6, 6.07) is 61.9. The maximum Gasteiger partial charge on any atom is 0.160 e. The van der Waals surface area contributed by atoms with E-state index in [-0.39, 0.29) is 5.92 Å². The highest BCUT2D eigenvalue weighted by Crippen LogP contribution is 2.48. The number of allylic oxidation sites excluding steroid dienone is 6. The van der Waals surface area contributed by atoms with Crippen LogP contribution < -0.4 is 0 Å². The lowest BCUT2D eigenvalue weighted by atomic mass is 9.83. The molecule has 15 rings (SSSR count). The van der Waals surface area contributed by atoms with Crippen LogP contribution in [-0.4, -0.2) is 16.1 Å². The van der Waals surface area contributed by atoms with Crippen molar-refractivity contribution in [1.82, 2.24) is 4.57 Å². The van der Waals surface area contributed by atoms with E-state index in [2.05, 4.69) is 206 Å². The van der Waals surface area contributed by atoms with Crippen LogP contribution in [0.2, 0.25) is 0 Å². The molecule has 0 radical (unpaired) electrons. The second-order valence-corrected chi connectivity index (χ2v) is 20.3. The Morgan fingerprint density at radius 2 is 1.34 bits per heavy atom. The van der Waals surface area contributed by atoms with Gasteiger partial charge in [-0.25, -0.2) is 9.98 Å². The van der Waals surface area contributed by atoms with Gasteiger partial charge in [-0.15, -0.1) is 11.3 Å². The molecule has 0 saturated carbocycles. The number of fused-ring (bicyclic) bond motifs is 14. The van der Waals surface area contributed by atoms with Crippen LogP contribution in [0.3, 0.4) is 0 Å². The molecule has 0 bridgehead atoms. The van der Waals surface area contributed by atoms with E-state index in [1.807, 2.05) is 23.5 Å². The first-order valence-corrected chi connectivity index (χ1v) is 25.2. The molecule has 1 aliphatic heterocycles. The number of thiophene rings is 1. The minimum Gasteiger partial charge on any atom is -0.456 e. The molecule has 330 valence electrons. The Morgan fingerprint density at radius 1 is 0.600 bits per heavy atom. The number of amidine groups is 1. The number of aliphatic imine (C=N–C) groups is 2. The van der Waals surface area contributed by atoms with Crippen LogP contribution in [0.25, 0.3) is 103 Å². The molecule has 12 aromatic rings. The van der Waals surface area contributed by atoms with Crippen molar-refractivity contribution in [2.45, 2.75) is 19.8 Å². The third kappa shape index (κ3) is 6.08. The van der Waals surface area contributed by atoms with Gasteiger partial charge < -0.3 is 8.98 Å².